The van der Waals surface area contributed by atoms with Crippen molar-refractivity contribution in [2.24, 2.45) is 12.8 Å². The molecule has 13 heteroatoms. The van der Waals surface area contributed by atoms with Gasteiger partial charge in [-0.1, -0.05) is 11.3 Å². The smallest absolute Gasteiger partial charge is 0.277 e. The van der Waals surface area contributed by atoms with Crippen molar-refractivity contribution < 1.29 is 27.1 Å². The number of carbonyl (C=O) groups excluding carboxylic acids is 1. The van der Waals surface area contributed by atoms with Crippen LogP contribution in [0.3, 0.4) is 0 Å². The van der Waals surface area contributed by atoms with Gasteiger partial charge in [-0.05, 0) is 18.9 Å². The molecule has 1 aromatic carbocycles. The topological polar surface area (TPSA) is 121 Å². The monoisotopic (exact) mass is 484 g/mol. The van der Waals surface area contributed by atoms with Crippen LogP contribution in [-0.4, -0.2) is 39.5 Å². The number of carbonyl (C=O) groups is 1. The number of nitrogens with two attached hydrogens (primary N) is 2. The van der Waals surface area contributed by atoms with Crippen molar-refractivity contribution in [3.63, 3.8) is 0 Å². The number of nitrogen functional groups attached to an aromatic ring is 1. The molecule has 3 aromatic rings. The number of amides is 1. The van der Waals surface area contributed by atoms with Gasteiger partial charge in [0.15, 0.2) is 17.3 Å². The third-order valence-corrected chi connectivity index (χ3v) is 6.23. The lowest BCUT2D eigenvalue weighted by Gasteiger charge is -2.17. The number of hydrogen-bond donors (Lipinski definition) is 3. The van der Waals surface area contributed by atoms with Crippen molar-refractivity contribution in [1.82, 2.24) is 14.8 Å². The molecule has 33 heavy (non-hydrogen) atoms. The number of hydrogen-bond acceptors (Lipinski definition) is 7. The van der Waals surface area contributed by atoms with Gasteiger partial charge in [-0.3, -0.25) is 9.48 Å². The van der Waals surface area contributed by atoms with Gasteiger partial charge in [-0.15, -0.1) is 0 Å². The van der Waals surface area contributed by atoms with Gasteiger partial charge in [-0.2, -0.15) is 5.10 Å². The molecule has 0 saturated carbocycles. The van der Waals surface area contributed by atoms with Crippen LogP contribution in [0.25, 0.3) is 10.6 Å². The van der Waals surface area contributed by atoms with E-state index in [1.165, 1.54) is 10.9 Å². The molecule has 1 fully saturated rings. The maximum absolute atomic E-state index is 14.1. The Labute approximate surface area is 189 Å². The minimum atomic E-state index is -1.39. The number of aromatic nitrogens is 3. The lowest BCUT2D eigenvalue weighted by molar-refractivity contribution is 0.0247. The molecule has 0 bridgehead atoms. The zero-order chi connectivity index (χ0) is 23.9. The Balaban J connectivity index is 1.60. The first-order valence-corrected chi connectivity index (χ1v) is 10.7. The van der Waals surface area contributed by atoms with Gasteiger partial charge in [0.2, 0.25) is 0 Å². The normalized spacial score (nSPS) is 21.1. The second-order valence-electron chi connectivity index (χ2n) is 7.58. The molecule has 3 heterocycles. The highest BCUT2D eigenvalue weighted by Gasteiger charge is 2.30. The summed E-state index contributed by atoms with van der Waals surface area (Å²) in [5.41, 5.74) is 11.7. The summed E-state index contributed by atoms with van der Waals surface area (Å²) < 4.78 is 62.3. The maximum Gasteiger partial charge on any atom is 0.277 e. The number of halogens is 4. The molecule has 0 unspecified atom stereocenters. The fourth-order valence-corrected chi connectivity index (χ4v) is 4.42. The van der Waals surface area contributed by atoms with Crippen molar-refractivity contribution >= 4 is 27.9 Å². The summed E-state index contributed by atoms with van der Waals surface area (Å²) in [7, 11) is 1.64. The van der Waals surface area contributed by atoms with E-state index in [2.05, 4.69) is 15.4 Å². The van der Waals surface area contributed by atoms with Gasteiger partial charge in [0.05, 0.1) is 29.7 Å². The second-order valence-corrected chi connectivity index (χ2v) is 8.61. The lowest BCUT2D eigenvalue weighted by Crippen LogP contribution is -2.32. The van der Waals surface area contributed by atoms with Gasteiger partial charge < -0.3 is 21.5 Å². The fraction of sp³-hybridized carbons (Fsp3) is 0.350. The summed E-state index contributed by atoms with van der Waals surface area (Å²) in [6.45, 7) is -0.192. The molecule has 2 aromatic heterocycles. The zero-order valence-corrected chi connectivity index (χ0v) is 18.1. The number of anilines is 2. The number of nitrogens with zero attached hydrogens (tertiary/aromatic N) is 3. The van der Waals surface area contributed by atoms with Gasteiger partial charge >= 0.3 is 0 Å². The van der Waals surface area contributed by atoms with Crippen molar-refractivity contribution in [2.75, 3.05) is 17.7 Å². The molecule has 8 nitrogen and oxygen atoms in total. The van der Waals surface area contributed by atoms with E-state index in [9.17, 15) is 22.4 Å². The fourth-order valence-electron chi connectivity index (χ4n) is 3.58. The summed E-state index contributed by atoms with van der Waals surface area (Å²) in [6.07, 6.45) is 0.314. The number of ether oxygens (including phenoxy) is 1. The predicted octanol–water partition coefficient (Wildman–Crippen LogP) is 3.31. The third kappa shape index (κ3) is 4.56. The van der Waals surface area contributed by atoms with Crippen LogP contribution in [0.4, 0.5) is 28.3 Å². The minimum Gasteiger partial charge on any atom is -0.389 e. The highest BCUT2D eigenvalue weighted by molar-refractivity contribution is 7.19. The minimum absolute atomic E-state index is 0.0750. The number of rotatable bonds is 4. The Kier molecular flexibility index (Phi) is 6.36. The molecule has 1 amide bonds. The summed E-state index contributed by atoms with van der Waals surface area (Å²) in [6, 6.07) is 0.521. The van der Waals surface area contributed by atoms with E-state index in [1.807, 2.05) is 0 Å². The Morgan fingerprint density at radius 2 is 2.06 bits per heavy atom. The van der Waals surface area contributed by atoms with Crippen molar-refractivity contribution in [1.29, 1.82) is 0 Å². The summed E-state index contributed by atoms with van der Waals surface area (Å²) in [5.74, 6) is -4.43. The van der Waals surface area contributed by atoms with Crippen molar-refractivity contribution in [3.05, 3.63) is 47.2 Å². The van der Waals surface area contributed by atoms with Crippen molar-refractivity contribution in [3.8, 4) is 10.6 Å². The first-order chi connectivity index (χ1) is 15.7. The highest BCUT2D eigenvalue weighted by atomic mass is 32.1. The molecule has 176 valence electrons. The average molecular weight is 484 g/mol. The van der Waals surface area contributed by atoms with Crippen LogP contribution in [0, 0.1) is 17.5 Å². The summed E-state index contributed by atoms with van der Waals surface area (Å²) in [5, 5.41) is 6.52. The van der Waals surface area contributed by atoms with Crippen LogP contribution in [0.15, 0.2) is 18.3 Å². The summed E-state index contributed by atoms with van der Waals surface area (Å²) in [4.78, 5) is 16.9. The molecule has 4 rings (SSSR count). The van der Waals surface area contributed by atoms with Gasteiger partial charge in [-0.25, -0.2) is 22.5 Å². The van der Waals surface area contributed by atoms with Crippen LogP contribution in [0.2, 0.25) is 0 Å². The molecule has 3 atom stereocenters. The van der Waals surface area contributed by atoms with Crippen LogP contribution in [0.5, 0.6) is 0 Å². The number of thiazole rings is 1. The molecule has 1 aliphatic heterocycles. The van der Waals surface area contributed by atoms with Crippen LogP contribution in [0.1, 0.15) is 35.1 Å². The largest absolute Gasteiger partial charge is 0.389 e. The molecular weight excluding hydrogens is 464 g/mol. The SMILES string of the molecule is Cn1ncc(NC(=O)c2nc(-c3cc(F)cc(F)c3F)sc2N)c1[C@@H]1CC[C@@H](N)[C@@H](F)CO1. The number of benzene rings is 1. The van der Waals surface area contributed by atoms with E-state index in [0.29, 0.717) is 35.9 Å². The van der Waals surface area contributed by atoms with Crippen LogP contribution < -0.4 is 16.8 Å². The molecular formula is C20H20F4N6O2S. The van der Waals surface area contributed by atoms with E-state index in [-0.39, 0.29) is 28.0 Å². The standard InChI is InChI=1S/C20H20F4N6O2S/c1-30-17(14-3-2-12(25)11(23)7-32-14)13(6-27-30)28-19(31)16-18(26)33-20(29-16)9-4-8(21)5-10(22)15(9)24/h4-6,11-12,14H,2-3,7,25-26H2,1H3,(H,28,31)/t11-,12+,14-/m0/s1. The van der Waals surface area contributed by atoms with E-state index in [1.54, 1.807) is 7.05 Å². The van der Waals surface area contributed by atoms with Crippen molar-refractivity contribution in [2.45, 2.75) is 31.2 Å². The zero-order valence-electron chi connectivity index (χ0n) is 17.3. The Morgan fingerprint density at radius 1 is 1.30 bits per heavy atom. The molecule has 0 radical (unpaired) electrons. The molecule has 0 aliphatic carbocycles. The maximum atomic E-state index is 14.1. The molecule has 1 saturated heterocycles. The number of alkyl halides is 1. The lowest BCUT2D eigenvalue weighted by atomic mass is 10.0. The quantitative estimate of drug-likeness (QED) is 0.386. The molecule has 0 spiro atoms. The number of nitrogens with one attached hydrogen (secondary N) is 1. The average Bonchev–Trinajstić information content (AvgIpc) is 3.27. The molecule has 1 aliphatic rings. The van der Waals surface area contributed by atoms with E-state index < -0.39 is 47.2 Å². The second kappa shape index (κ2) is 9.08. The van der Waals surface area contributed by atoms with E-state index >= 15 is 0 Å². The number of aryl methyl sites for hydroxylation is 1. The Morgan fingerprint density at radius 3 is 2.82 bits per heavy atom. The first kappa shape index (κ1) is 23.1. The van der Waals surface area contributed by atoms with Gasteiger partial charge in [0.1, 0.15) is 28.1 Å². The third-order valence-electron chi connectivity index (χ3n) is 5.31. The summed E-state index contributed by atoms with van der Waals surface area (Å²) >= 11 is 0.710. The first-order valence-electron chi connectivity index (χ1n) is 9.91. The van der Waals surface area contributed by atoms with Crippen LogP contribution >= 0.6 is 11.3 Å². The Hall–Kier alpha value is -3.03. The van der Waals surface area contributed by atoms with E-state index in [4.69, 9.17) is 16.2 Å². The van der Waals surface area contributed by atoms with Gasteiger partial charge in [0, 0.05) is 19.2 Å². The van der Waals surface area contributed by atoms with E-state index in [0.717, 1.165) is 6.07 Å². The predicted molar refractivity (Wildman–Crippen MR) is 114 cm³/mol. The Bertz CT molecular complexity index is 1190. The highest BCUT2D eigenvalue weighted by Crippen LogP contribution is 2.35. The van der Waals surface area contributed by atoms with Crippen LogP contribution in [-0.2, 0) is 11.8 Å². The van der Waals surface area contributed by atoms with Gasteiger partial charge in [0.25, 0.3) is 5.91 Å². The molecule has 5 N–H and O–H groups in total.